The van der Waals surface area contributed by atoms with Gasteiger partial charge >= 0.3 is 0 Å². The number of amides is 2. The van der Waals surface area contributed by atoms with Crippen LogP contribution >= 0.6 is 11.3 Å². The topological polar surface area (TPSA) is 95.6 Å². The highest BCUT2D eigenvalue weighted by atomic mass is 32.2. The van der Waals surface area contributed by atoms with E-state index in [1.165, 1.54) is 13.0 Å². The van der Waals surface area contributed by atoms with E-state index in [0.29, 0.717) is 12.5 Å². The molecule has 2 amide bonds. The smallest absolute Gasteiger partial charge is 0.250 e. The summed E-state index contributed by atoms with van der Waals surface area (Å²) in [6.45, 7) is 5.44. The zero-order valence-electron chi connectivity index (χ0n) is 14.6. The van der Waals surface area contributed by atoms with Gasteiger partial charge < -0.3 is 10.2 Å². The minimum absolute atomic E-state index is 0.00761. The van der Waals surface area contributed by atoms with Gasteiger partial charge in [-0.25, -0.2) is 13.1 Å². The largest absolute Gasteiger partial charge is 0.351 e. The molecule has 0 saturated carbocycles. The van der Waals surface area contributed by atoms with Crippen LogP contribution in [-0.4, -0.2) is 44.8 Å². The molecule has 0 radical (unpaired) electrons. The lowest BCUT2D eigenvalue weighted by molar-refractivity contribution is -0.132. The summed E-state index contributed by atoms with van der Waals surface area (Å²) in [6.07, 6.45) is 2.30. The van der Waals surface area contributed by atoms with Crippen molar-refractivity contribution in [3.05, 3.63) is 17.0 Å². The number of rotatable bonds is 7. The Morgan fingerprint density at radius 1 is 1.36 bits per heavy atom. The van der Waals surface area contributed by atoms with E-state index in [-0.39, 0.29) is 29.0 Å². The molecule has 1 atom stereocenters. The van der Waals surface area contributed by atoms with Crippen LogP contribution < -0.4 is 10.0 Å². The Morgan fingerprint density at radius 2 is 2.12 bits per heavy atom. The molecule has 1 aromatic rings. The predicted octanol–water partition coefficient (Wildman–Crippen LogP) is 1.31. The van der Waals surface area contributed by atoms with Crippen molar-refractivity contribution in [2.24, 2.45) is 5.92 Å². The summed E-state index contributed by atoms with van der Waals surface area (Å²) in [5, 5.41) is 2.63. The number of piperidine rings is 1. The van der Waals surface area contributed by atoms with E-state index < -0.39 is 10.0 Å². The van der Waals surface area contributed by atoms with Crippen LogP contribution in [0.5, 0.6) is 0 Å². The Kier molecular flexibility index (Phi) is 6.97. The summed E-state index contributed by atoms with van der Waals surface area (Å²) < 4.78 is 27.2. The molecule has 2 rings (SSSR count). The second-order valence-corrected chi connectivity index (χ2v) is 9.53. The molecule has 0 bridgehead atoms. The highest BCUT2D eigenvalue weighted by Gasteiger charge is 2.22. The van der Waals surface area contributed by atoms with Crippen molar-refractivity contribution >= 4 is 33.2 Å². The van der Waals surface area contributed by atoms with Crippen molar-refractivity contribution in [1.29, 1.82) is 0 Å². The molecule has 9 heteroatoms. The molecule has 25 heavy (non-hydrogen) atoms. The Hall–Kier alpha value is -1.45. The molecule has 1 aromatic heterocycles. The van der Waals surface area contributed by atoms with Gasteiger partial charge in [0.25, 0.3) is 0 Å². The number of thiophene rings is 1. The summed E-state index contributed by atoms with van der Waals surface area (Å²) in [7, 11) is -3.63. The van der Waals surface area contributed by atoms with E-state index in [0.717, 1.165) is 42.1 Å². The first-order valence-corrected chi connectivity index (χ1v) is 10.7. The molecule has 1 aliphatic heterocycles. The predicted molar refractivity (Wildman–Crippen MR) is 96.6 cm³/mol. The first kappa shape index (κ1) is 19.9. The molecule has 0 aliphatic carbocycles. The van der Waals surface area contributed by atoms with Gasteiger partial charge in [-0.05, 0) is 30.9 Å². The zero-order valence-corrected chi connectivity index (χ0v) is 16.2. The molecular formula is C16H25N3O4S2. The molecule has 1 fully saturated rings. The first-order chi connectivity index (χ1) is 11.8. The molecular weight excluding hydrogens is 362 g/mol. The monoisotopic (exact) mass is 387 g/mol. The lowest BCUT2D eigenvalue weighted by Crippen LogP contribution is -2.40. The zero-order chi connectivity index (χ0) is 18.4. The Morgan fingerprint density at radius 3 is 2.80 bits per heavy atom. The molecule has 0 spiro atoms. The van der Waals surface area contributed by atoms with Gasteiger partial charge in [0.15, 0.2) is 0 Å². The average Bonchev–Trinajstić information content (AvgIpc) is 3.02. The maximum absolute atomic E-state index is 12.3. The first-order valence-electron chi connectivity index (χ1n) is 8.38. The maximum atomic E-state index is 12.3. The van der Waals surface area contributed by atoms with E-state index in [2.05, 4.69) is 17.0 Å². The van der Waals surface area contributed by atoms with Crippen LogP contribution in [0.3, 0.4) is 0 Å². The van der Waals surface area contributed by atoms with E-state index >= 15 is 0 Å². The van der Waals surface area contributed by atoms with Crippen molar-refractivity contribution in [3.63, 3.8) is 0 Å². The second kappa shape index (κ2) is 8.77. The molecule has 1 saturated heterocycles. The lowest BCUT2D eigenvalue weighted by Gasteiger charge is -2.31. The quantitative estimate of drug-likeness (QED) is 0.737. The SMILES string of the molecule is CC(=O)NCc1ccc(S(=O)(=O)NCCC(=O)N2CCCC(C)C2)s1. The summed E-state index contributed by atoms with van der Waals surface area (Å²) in [5.41, 5.74) is 0. The fourth-order valence-electron chi connectivity index (χ4n) is 2.75. The number of carbonyl (C=O) groups excluding carboxylic acids is 2. The van der Waals surface area contributed by atoms with Gasteiger partial charge in [-0.2, -0.15) is 0 Å². The van der Waals surface area contributed by atoms with Crippen LogP contribution in [0.4, 0.5) is 0 Å². The number of hydrogen-bond donors (Lipinski definition) is 2. The molecule has 0 aromatic carbocycles. The second-order valence-electron chi connectivity index (χ2n) is 6.37. The Bertz CT molecular complexity index is 715. The molecule has 1 aliphatic rings. The number of nitrogens with one attached hydrogen (secondary N) is 2. The van der Waals surface area contributed by atoms with Crippen molar-refractivity contribution in [2.45, 2.75) is 43.9 Å². The molecule has 2 heterocycles. The average molecular weight is 388 g/mol. The summed E-state index contributed by atoms with van der Waals surface area (Å²) in [4.78, 5) is 25.7. The van der Waals surface area contributed by atoms with Crippen molar-refractivity contribution in [1.82, 2.24) is 14.9 Å². The summed E-state index contributed by atoms with van der Waals surface area (Å²) >= 11 is 1.11. The van der Waals surface area contributed by atoms with E-state index in [1.54, 1.807) is 6.07 Å². The van der Waals surface area contributed by atoms with Crippen LogP contribution in [0.2, 0.25) is 0 Å². The molecule has 2 N–H and O–H groups in total. The van der Waals surface area contributed by atoms with Crippen LogP contribution in [0.1, 0.15) is 38.0 Å². The normalized spacial score (nSPS) is 18.2. The van der Waals surface area contributed by atoms with Crippen LogP contribution in [-0.2, 0) is 26.2 Å². The van der Waals surface area contributed by atoms with Crippen LogP contribution in [0, 0.1) is 5.92 Å². The van der Waals surface area contributed by atoms with Gasteiger partial charge in [-0.1, -0.05) is 6.92 Å². The van der Waals surface area contributed by atoms with Crippen molar-refractivity contribution in [3.8, 4) is 0 Å². The number of carbonyl (C=O) groups is 2. The third-order valence-corrected chi connectivity index (χ3v) is 7.09. The van der Waals surface area contributed by atoms with Gasteiger partial charge in [-0.3, -0.25) is 9.59 Å². The fourth-order valence-corrected chi connectivity index (χ4v) is 5.12. The van der Waals surface area contributed by atoms with Crippen molar-refractivity contribution < 1.29 is 18.0 Å². The number of likely N-dealkylation sites (tertiary alicyclic amines) is 1. The Balaban J connectivity index is 1.82. The number of sulfonamides is 1. The van der Waals surface area contributed by atoms with Crippen LogP contribution in [0.15, 0.2) is 16.3 Å². The molecule has 1 unspecified atom stereocenters. The van der Waals surface area contributed by atoms with E-state index in [1.807, 2.05) is 4.90 Å². The molecule has 7 nitrogen and oxygen atoms in total. The van der Waals surface area contributed by atoms with Crippen molar-refractivity contribution in [2.75, 3.05) is 19.6 Å². The molecule has 140 valence electrons. The standard InChI is InChI=1S/C16H25N3O4S2/c1-12-4-3-9-19(11-12)15(21)7-8-18-25(22,23)16-6-5-14(24-16)10-17-13(2)20/h5-6,12,18H,3-4,7-11H2,1-2H3,(H,17,20). The van der Waals surface area contributed by atoms with E-state index in [9.17, 15) is 18.0 Å². The van der Waals surface area contributed by atoms with Gasteiger partial charge in [0.2, 0.25) is 21.8 Å². The summed E-state index contributed by atoms with van der Waals surface area (Å²) in [6, 6.07) is 3.19. The lowest BCUT2D eigenvalue weighted by atomic mass is 10.0. The highest BCUT2D eigenvalue weighted by molar-refractivity contribution is 7.91. The summed E-state index contributed by atoms with van der Waals surface area (Å²) in [5.74, 6) is 0.329. The highest BCUT2D eigenvalue weighted by Crippen LogP contribution is 2.21. The van der Waals surface area contributed by atoms with Gasteiger partial charge in [0, 0.05) is 37.9 Å². The number of hydrogen-bond acceptors (Lipinski definition) is 5. The van der Waals surface area contributed by atoms with Crippen LogP contribution in [0.25, 0.3) is 0 Å². The van der Waals surface area contributed by atoms with Gasteiger partial charge in [0.05, 0.1) is 6.54 Å². The van der Waals surface area contributed by atoms with Gasteiger partial charge in [0.1, 0.15) is 4.21 Å². The third kappa shape index (κ3) is 6.09. The Labute approximate surface area is 152 Å². The van der Waals surface area contributed by atoms with E-state index in [4.69, 9.17) is 0 Å². The number of nitrogens with zero attached hydrogens (tertiary/aromatic N) is 1. The minimum Gasteiger partial charge on any atom is -0.351 e. The maximum Gasteiger partial charge on any atom is 0.250 e. The minimum atomic E-state index is -3.63. The third-order valence-electron chi connectivity index (χ3n) is 4.05. The fraction of sp³-hybridized carbons (Fsp3) is 0.625. The van der Waals surface area contributed by atoms with Gasteiger partial charge in [-0.15, -0.1) is 11.3 Å².